The molecule has 108 valence electrons. The van der Waals surface area contributed by atoms with Crippen LogP contribution in [0.5, 0.6) is 0 Å². The highest BCUT2D eigenvalue weighted by Gasteiger charge is 2.22. The van der Waals surface area contributed by atoms with Crippen LogP contribution < -0.4 is 0 Å². The summed E-state index contributed by atoms with van der Waals surface area (Å²) in [6.07, 6.45) is 5.14. The molecule has 0 spiro atoms. The lowest BCUT2D eigenvalue weighted by molar-refractivity contribution is 0.555. The van der Waals surface area contributed by atoms with Gasteiger partial charge in [-0.25, -0.2) is 0 Å². The van der Waals surface area contributed by atoms with Crippen molar-refractivity contribution in [2.45, 2.75) is 32.7 Å². The lowest BCUT2D eigenvalue weighted by atomic mass is 9.85. The Hall–Kier alpha value is -2.60. The molecule has 0 aliphatic carbocycles. The fourth-order valence-corrected chi connectivity index (χ4v) is 3.66. The average Bonchev–Trinajstić information content (AvgIpc) is 2.98. The summed E-state index contributed by atoms with van der Waals surface area (Å²) in [6, 6.07) is 12.7. The van der Waals surface area contributed by atoms with Crippen LogP contribution in [-0.2, 0) is 13.0 Å². The number of nitrogens with zero attached hydrogens (tertiary/aromatic N) is 3. The highest BCUT2D eigenvalue weighted by atomic mass is 15.3. The van der Waals surface area contributed by atoms with Gasteiger partial charge in [0.15, 0.2) is 0 Å². The maximum atomic E-state index is 9.83. The van der Waals surface area contributed by atoms with Gasteiger partial charge in [0.2, 0.25) is 0 Å². The fraction of sp³-hybridized carbons (Fsp3) is 0.263. The standard InChI is InChI=1S/C19H17N3/c1-13-14-6-2-3-8-16(14)17(12-20)19-15(13)7-4-5-11-22-18(19)9-10-21-22/h2-3,6,8-10H,4-5,7,11H2,1H3. The molecule has 22 heavy (non-hydrogen) atoms. The second-order valence-electron chi connectivity index (χ2n) is 5.91. The van der Waals surface area contributed by atoms with Crippen LogP contribution >= 0.6 is 0 Å². The first kappa shape index (κ1) is 13.1. The summed E-state index contributed by atoms with van der Waals surface area (Å²) in [5.41, 5.74) is 5.59. The molecule has 4 rings (SSSR count). The van der Waals surface area contributed by atoms with Gasteiger partial charge in [0, 0.05) is 23.7 Å². The van der Waals surface area contributed by atoms with Gasteiger partial charge in [-0.05, 0) is 48.8 Å². The summed E-state index contributed by atoms with van der Waals surface area (Å²) in [4.78, 5) is 0. The number of aromatic nitrogens is 2. The van der Waals surface area contributed by atoms with Gasteiger partial charge in [-0.3, -0.25) is 4.68 Å². The van der Waals surface area contributed by atoms with Gasteiger partial charge in [0.25, 0.3) is 0 Å². The molecule has 0 atom stereocenters. The van der Waals surface area contributed by atoms with E-state index < -0.39 is 0 Å². The quantitative estimate of drug-likeness (QED) is 0.621. The maximum Gasteiger partial charge on any atom is 0.100 e. The van der Waals surface area contributed by atoms with E-state index in [1.54, 1.807) is 0 Å². The summed E-state index contributed by atoms with van der Waals surface area (Å²) in [5, 5.41) is 16.5. The molecule has 1 aromatic heterocycles. The van der Waals surface area contributed by atoms with E-state index >= 15 is 0 Å². The third-order valence-electron chi connectivity index (χ3n) is 4.74. The van der Waals surface area contributed by atoms with Gasteiger partial charge >= 0.3 is 0 Å². The van der Waals surface area contributed by atoms with Crippen molar-refractivity contribution >= 4 is 10.8 Å². The van der Waals surface area contributed by atoms with Crippen molar-refractivity contribution < 1.29 is 0 Å². The Morgan fingerprint density at radius 2 is 1.95 bits per heavy atom. The van der Waals surface area contributed by atoms with Gasteiger partial charge in [0.1, 0.15) is 6.07 Å². The van der Waals surface area contributed by atoms with E-state index in [0.29, 0.717) is 0 Å². The second-order valence-corrected chi connectivity index (χ2v) is 5.91. The summed E-state index contributed by atoms with van der Waals surface area (Å²) in [5.74, 6) is 0. The molecule has 1 aliphatic rings. The lowest BCUT2D eigenvalue weighted by Gasteiger charge is -2.21. The number of rotatable bonds is 0. The topological polar surface area (TPSA) is 41.6 Å². The Morgan fingerprint density at radius 1 is 1.14 bits per heavy atom. The Kier molecular flexibility index (Phi) is 2.97. The van der Waals surface area contributed by atoms with Crippen molar-refractivity contribution in [1.82, 2.24) is 9.78 Å². The van der Waals surface area contributed by atoms with Crippen molar-refractivity contribution in [1.29, 1.82) is 5.26 Å². The van der Waals surface area contributed by atoms with Crippen molar-refractivity contribution in [3.63, 3.8) is 0 Å². The first-order chi connectivity index (χ1) is 10.8. The molecule has 3 aromatic rings. The minimum Gasteiger partial charge on any atom is -0.265 e. The minimum absolute atomic E-state index is 0.792. The third-order valence-corrected chi connectivity index (χ3v) is 4.74. The molecule has 0 fully saturated rings. The first-order valence-electron chi connectivity index (χ1n) is 7.77. The molecular formula is C19H17N3. The highest BCUT2D eigenvalue weighted by molar-refractivity contribution is 5.98. The number of fused-ring (bicyclic) bond motifs is 4. The van der Waals surface area contributed by atoms with Crippen molar-refractivity contribution in [3.8, 4) is 17.3 Å². The molecule has 0 radical (unpaired) electrons. The van der Waals surface area contributed by atoms with Crippen LogP contribution in [-0.4, -0.2) is 9.78 Å². The Morgan fingerprint density at radius 3 is 2.77 bits per heavy atom. The molecule has 2 heterocycles. The van der Waals surface area contributed by atoms with Crippen LogP contribution in [0.15, 0.2) is 36.5 Å². The molecule has 2 aromatic carbocycles. The van der Waals surface area contributed by atoms with Gasteiger partial charge in [-0.2, -0.15) is 10.4 Å². The zero-order valence-electron chi connectivity index (χ0n) is 12.6. The first-order valence-corrected chi connectivity index (χ1v) is 7.77. The number of benzene rings is 2. The van der Waals surface area contributed by atoms with E-state index in [-0.39, 0.29) is 0 Å². The number of aryl methyl sites for hydroxylation is 2. The van der Waals surface area contributed by atoms with E-state index in [2.05, 4.69) is 36.3 Å². The Bertz CT molecular complexity index is 912. The molecule has 0 bridgehead atoms. The summed E-state index contributed by atoms with van der Waals surface area (Å²) in [6.45, 7) is 3.11. The van der Waals surface area contributed by atoms with Crippen LogP contribution in [0, 0.1) is 18.3 Å². The van der Waals surface area contributed by atoms with Crippen molar-refractivity contribution in [2.75, 3.05) is 0 Å². The fourth-order valence-electron chi connectivity index (χ4n) is 3.66. The summed E-state index contributed by atoms with van der Waals surface area (Å²) >= 11 is 0. The average molecular weight is 287 g/mol. The number of hydrogen-bond acceptors (Lipinski definition) is 2. The molecule has 0 saturated heterocycles. The number of hydrogen-bond donors (Lipinski definition) is 0. The van der Waals surface area contributed by atoms with Crippen molar-refractivity contribution in [3.05, 3.63) is 53.2 Å². The minimum atomic E-state index is 0.792. The largest absolute Gasteiger partial charge is 0.265 e. The second kappa shape index (κ2) is 4.99. The van der Waals surface area contributed by atoms with Crippen LogP contribution in [0.25, 0.3) is 22.0 Å². The molecular weight excluding hydrogens is 270 g/mol. The van der Waals surface area contributed by atoms with Gasteiger partial charge in [-0.1, -0.05) is 24.3 Å². The van der Waals surface area contributed by atoms with E-state index in [1.165, 1.54) is 16.5 Å². The normalized spacial score (nSPS) is 13.8. The highest BCUT2D eigenvalue weighted by Crippen LogP contribution is 2.38. The Balaban J connectivity index is 2.20. The molecule has 0 unspecified atom stereocenters. The molecule has 0 N–H and O–H groups in total. The zero-order chi connectivity index (χ0) is 15.1. The smallest absolute Gasteiger partial charge is 0.100 e. The zero-order valence-corrected chi connectivity index (χ0v) is 12.6. The van der Waals surface area contributed by atoms with Gasteiger partial charge < -0.3 is 0 Å². The van der Waals surface area contributed by atoms with Crippen molar-refractivity contribution in [2.24, 2.45) is 0 Å². The Labute approximate surface area is 129 Å². The lowest BCUT2D eigenvalue weighted by Crippen LogP contribution is -2.10. The number of nitriles is 1. The van der Waals surface area contributed by atoms with Crippen LogP contribution in [0.4, 0.5) is 0 Å². The molecule has 3 nitrogen and oxygen atoms in total. The predicted octanol–water partition coefficient (Wildman–Crippen LogP) is 4.22. The van der Waals surface area contributed by atoms with Crippen LogP contribution in [0.2, 0.25) is 0 Å². The van der Waals surface area contributed by atoms with Gasteiger partial charge in [0.05, 0.1) is 11.3 Å². The molecule has 0 saturated carbocycles. The van der Waals surface area contributed by atoms with E-state index in [1.807, 2.05) is 23.0 Å². The van der Waals surface area contributed by atoms with Gasteiger partial charge in [-0.15, -0.1) is 0 Å². The molecule has 0 amide bonds. The molecule has 1 aliphatic heterocycles. The van der Waals surface area contributed by atoms with E-state index in [9.17, 15) is 5.26 Å². The molecule has 3 heteroatoms. The van der Waals surface area contributed by atoms with Crippen LogP contribution in [0.3, 0.4) is 0 Å². The predicted molar refractivity (Wildman–Crippen MR) is 87.6 cm³/mol. The monoisotopic (exact) mass is 287 g/mol. The van der Waals surface area contributed by atoms with Crippen LogP contribution in [0.1, 0.15) is 29.5 Å². The SMILES string of the molecule is Cc1c2c(c(C#N)c3ccccc13)-c1ccnn1CCCC2. The maximum absolute atomic E-state index is 9.83. The summed E-state index contributed by atoms with van der Waals surface area (Å²) in [7, 11) is 0. The van der Waals surface area contributed by atoms with E-state index in [4.69, 9.17) is 0 Å². The summed E-state index contributed by atoms with van der Waals surface area (Å²) < 4.78 is 2.05. The third kappa shape index (κ3) is 1.77. The van der Waals surface area contributed by atoms with E-state index in [0.717, 1.165) is 48.0 Å².